The van der Waals surface area contributed by atoms with Gasteiger partial charge in [0.05, 0.1) is 5.52 Å². The molecule has 0 atom stereocenters. The molecule has 0 amide bonds. The zero-order chi connectivity index (χ0) is 12.4. The minimum Gasteiger partial charge on any atom is -0.478 e. The van der Waals surface area contributed by atoms with Crippen LogP contribution in [0.15, 0.2) is 18.2 Å². The summed E-state index contributed by atoms with van der Waals surface area (Å²) in [6, 6.07) is 3.79. The van der Waals surface area contributed by atoms with Crippen molar-refractivity contribution in [1.82, 2.24) is 15.0 Å². The minimum atomic E-state index is -0.957. The highest BCUT2D eigenvalue weighted by Crippen LogP contribution is 2.20. The number of aliphatic carboxylic acids is 1. The molecule has 0 saturated carbocycles. The molecular formula is C12H13N3O2. The van der Waals surface area contributed by atoms with Crippen LogP contribution in [-0.2, 0) is 11.3 Å². The van der Waals surface area contributed by atoms with Crippen molar-refractivity contribution in [2.45, 2.75) is 20.4 Å². The van der Waals surface area contributed by atoms with Gasteiger partial charge < -0.3 is 5.11 Å². The van der Waals surface area contributed by atoms with E-state index in [4.69, 9.17) is 5.11 Å². The third kappa shape index (κ3) is 2.04. The van der Waals surface area contributed by atoms with Gasteiger partial charge in [0, 0.05) is 12.6 Å². The predicted molar refractivity (Wildman–Crippen MR) is 64.6 cm³/mol. The van der Waals surface area contributed by atoms with Crippen molar-refractivity contribution in [2.75, 3.05) is 0 Å². The number of aromatic nitrogens is 3. The van der Waals surface area contributed by atoms with Crippen molar-refractivity contribution >= 4 is 23.1 Å². The fraction of sp³-hybridized carbons (Fsp3) is 0.250. The van der Waals surface area contributed by atoms with Crippen molar-refractivity contribution in [2.24, 2.45) is 0 Å². The third-order valence-corrected chi connectivity index (χ3v) is 2.69. The quantitative estimate of drug-likeness (QED) is 0.818. The Labute approximate surface area is 98.4 Å². The van der Waals surface area contributed by atoms with Crippen LogP contribution in [0.2, 0.25) is 0 Å². The molecule has 0 unspecified atom stereocenters. The molecule has 0 aliphatic carbocycles. The molecule has 1 aromatic carbocycles. The number of aryl methyl sites for hydroxylation is 2. The molecule has 2 rings (SSSR count). The monoisotopic (exact) mass is 231 g/mol. The Morgan fingerprint density at radius 3 is 2.94 bits per heavy atom. The maximum atomic E-state index is 10.5. The van der Waals surface area contributed by atoms with Crippen molar-refractivity contribution < 1.29 is 9.90 Å². The smallest absolute Gasteiger partial charge is 0.328 e. The Morgan fingerprint density at radius 1 is 1.53 bits per heavy atom. The molecule has 5 heteroatoms. The largest absolute Gasteiger partial charge is 0.478 e. The van der Waals surface area contributed by atoms with Crippen LogP contribution in [0.4, 0.5) is 0 Å². The number of benzene rings is 1. The first kappa shape index (κ1) is 11.3. The van der Waals surface area contributed by atoms with E-state index < -0.39 is 5.97 Å². The van der Waals surface area contributed by atoms with E-state index in [1.165, 1.54) is 0 Å². The highest BCUT2D eigenvalue weighted by molar-refractivity contribution is 5.88. The highest BCUT2D eigenvalue weighted by Gasteiger charge is 2.07. The standard InChI is InChI=1S/C12H13N3O2/c1-3-15-10-6-4-9(5-7-11(16)17)8(2)12(10)13-14-15/h4-7H,3H2,1-2H3,(H,16,17)/b7-5+. The van der Waals surface area contributed by atoms with Crippen LogP contribution in [0.3, 0.4) is 0 Å². The number of nitrogens with zero attached hydrogens (tertiary/aromatic N) is 3. The number of hydrogen-bond donors (Lipinski definition) is 1. The van der Waals surface area contributed by atoms with E-state index in [2.05, 4.69) is 10.3 Å². The molecule has 1 heterocycles. The number of carboxylic acids is 1. The Balaban J connectivity index is 2.54. The van der Waals surface area contributed by atoms with Gasteiger partial charge in [-0.3, -0.25) is 0 Å². The van der Waals surface area contributed by atoms with E-state index in [1.807, 2.05) is 30.7 Å². The van der Waals surface area contributed by atoms with Crippen LogP contribution in [0, 0.1) is 6.92 Å². The Bertz CT molecular complexity index is 599. The summed E-state index contributed by atoms with van der Waals surface area (Å²) in [4.78, 5) is 10.5. The summed E-state index contributed by atoms with van der Waals surface area (Å²) in [6.07, 6.45) is 2.69. The second kappa shape index (κ2) is 4.37. The predicted octanol–water partition coefficient (Wildman–Crippen LogP) is 1.86. The van der Waals surface area contributed by atoms with Gasteiger partial charge in [-0.2, -0.15) is 0 Å². The zero-order valence-corrected chi connectivity index (χ0v) is 9.71. The maximum absolute atomic E-state index is 10.5. The lowest BCUT2D eigenvalue weighted by atomic mass is 10.1. The van der Waals surface area contributed by atoms with E-state index in [-0.39, 0.29) is 0 Å². The van der Waals surface area contributed by atoms with Gasteiger partial charge in [0.25, 0.3) is 0 Å². The molecule has 5 nitrogen and oxygen atoms in total. The van der Waals surface area contributed by atoms with E-state index in [1.54, 1.807) is 6.08 Å². The number of carbonyl (C=O) groups is 1. The molecule has 0 fully saturated rings. The number of carboxylic acid groups (broad SMARTS) is 1. The van der Waals surface area contributed by atoms with Crippen LogP contribution in [0.5, 0.6) is 0 Å². The summed E-state index contributed by atoms with van der Waals surface area (Å²) in [7, 11) is 0. The molecular weight excluding hydrogens is 218 g/mol. The number of hydrogen-bond acceptors (Lipinski definition) is 3. The van der Waals surface area contributed by atoms with E-state index in [9.17, 15) is 4.79 Å². The molecule has 0 bridgehead atoms. The second-order valence-electron chi connectivity index (χ2n) is 3.72. The van der Waals surface area contributed by atoms with E-state index in [0.717, 1.165) is 34.8 Å². The summed E-state index contributed by atoms with van der Waals surface area (Å²) >= 11 is 0. The molecule has 0 aliphatic rings. The van der Waals surface area contributed by atoms with Gasteiger partial charge in [0.1, 0.15) is 5.52 Å². The minimum absolute atomic E-state index is 0.764. The van der Waals surface area contributed by atoms with Gasteiger partial charge in [0.2, 0.25) is 0 Å². The molecule has 1 N–H and O–H groups in total. The highest BCUT2D eigenvalue weighted by atomic mass is 16.4. The van der Waals surface area contributed by atoms with Crippen molar-refractivity contribution in [3.05, 3.63) is 29.3 Å². The maximum Gasteiger partial charge on any atom is 0.328 e. The first-order valence-electron chi connectivity index (χ1n) is 5.37. The van der Waals surface area contributed by atoms with Gasteiger partial charge in [-0.1, -0.05) is 11.3 Å². The summed E-state index contributed by atoms with van der Waals surface area (Å²) in [5, 5.41) is 16.7. The molecule has 88 valence electrons. The molecule has 0 saturated heterocycles. The zero-order valence-electron chi connectivity index (χ0n) is 9.71. The fourth-order valence-corrected chi connectivity index (χ4v) is 1.76. The lowest BCUT2D eigenvalue weighted by Gasteiger charge is -2.01. The van der Waals surface area contributed by atoms with Gasteiger partial charge in [0.15, 0.2) is 0 Å². The molecule has 17 heavy (non-hydrogen) atoms. The van der Waals surface area contributed by atoms with Crippen molar-refractivity contribution in [1.29, 1.82) is 0 Å². The summed E-state index contributed by atoms with van der Waals surface area (Å²) in [6.45, 7) is 4.68. The van der Waals surface area contributed by atoms with Gasteiger partial charge in [-0.15, -0.1) is 5.10 Å². The van der Waals surface area contributed by atoms with Gasteiger partial charge in [-0.05, 0) is 37.1 Å². The van der Waals surface area contributed by atoms with Crippen LogP contribution < -0.4 is 0 Å². The van der Waals surface area contributed by atoms with Crippen molar-refractivity contribution in [3.8, 4) is 0 Å². The molecule has 0 spiro atoms. The van der Waals surface area contributed by atoms with Crippen LogP contribution in [0.25, 0.3) is 17.1 Å². The van der Waals surface area contributed by atoms with Crippen LogP contribution >= 0.6 is 0 Å². The van der Waals surface area contributed by atoms with Crippen LogP contribution in [-0.4, -0.2) is 26.1 Å². The van der Waals surface area contributed by atoms with Gasteiger partial charge in [-0.25, -0.2) is 9.48 Å². The SMILES string of the molecule is CCn1nnc2c(C)c(/C=C/C(=O)O)ccc21. The lowest BCUT2D eigenvalue weighted by molar-refractivity contribution is -0.131. The molecule has 2 aromatic rings. The van der Waals surface area contributed by atoms with E-state index in [0.29, 0.717) is 0 Å². The topological polar surface area (TPSA) is 68.0 Å². The summed E-state index contributed by atoms with van der Waals surface area (Å²) < 4.78 is 1.81. The molecule has 0 radical (unpaired) electrons. The van der Waals surface area contributed by atoms with Crippen molar-refractivity contribution in [3.63, 3.8) is 0 Å². The molecule has 1 aromatic heterocycles. The summed E-state index contributed by atoms with van der Waals surface area (Å²) in [5.41, 5.74) is 3.58. The lowest BCUT2D eigenvalue weighted by Crippen LogP contribution is -1.95. The summed E-state index contributed by atoms with van der Waals surface area (Å²) in [5.74, 6) is -0.957. The van der Waals surface area contributed by atoms with E-state index >= 15 is 0 Å². The number of fused-ring (bicyclic) bond motifs is 1. The fourth-order valence-electron chi connectivity index (χ4n) is 1.76. The first-order valence-corrected chi connectivity index (χ1v) is 5.37. The average molecular weight is 231 g/mol. The Hall–Kier alpha value is -2.17. The average Bonchev–Trinajstić information content (AvgIpc) is 2.71. The van der Waals surface area contributed by atoms with Crippen LogP contribution in [0.1, 0.15) is 18.1 Å². The normalized spacial score (nSPS) is 11.4. The Morgan fingerprint density at radius 2 is 2.29 bits per heavy atom. The second-order valence-corrected chi connectivity index (χ2v) is 3.72. The molecule has 0 aliphatic heterocycles. The third-order valence-electron chi connectivity index (χ3n) is 2.69. The Kier molecular flexibility index (Phi) is 2.91. The number of rotatable bonds is 3. The first-order chi connectivity index (χ1) is 8.13. The van der Waals surface area contributed by atoms with Gasteiger partial charge >= 0.3 is 5.97 Å².